The van der Waals surface area contributed by atoms with Gasteiger partial charge in [-0.15, -0.1) is 0 Å². The Balaban J connectivity index is 1.76. The molecular weight excluding hydrogens is 385 g/mol. The van der Waals surface area contributed by atoms with Crippen LogP contribution in [0.5, 0.6) is 0 Å². The second-order valence-electron chi connectivity index (χ2n) is 7.10. The second-order valence-corrected chi connectivity index (χ2v) is 9.01. The molecule has 2 aliphatic heterocycles. The van der Waals surface area contributed by atoms with E-state index in [4.69, 9.17) is 0 Å². The van der Waals surface area contributed by atoms with Crippen LogP contribution in [0.1, 0.15) is 24.0 Å². The number of benzene rings is 2. The molecule has 7 nitrogen and oxygen atoms in total. The molecule has 0 saturated carbocycles. The molecule has 2 aromatic carbocycles. The number of halogens is 1. The van der Waals surface area contributed by atoms with Gasteiger partial charge >= 0.3 is 0 Å². The van der Waals surface area contributed by atoms with Crippen LogP contribution in [-0.4, -0.2) is 37.3 Å². The summed E-state index contributed by atoms with van der Waals surface area (Å²) in [6, 6.07) is 8.60. The Morgan fingerprint density at radius 1 is 1.00 bits per heavy atom. The predicted molar refractivity (Wildman–Crippen MR) is 102 cm³/mol. The molecule has 1 fully saturated rings. The quantitative estimate of drug-likeness (QED) is 0.577. The highest BCUT2D eigenvalue weighted by Crippen LogP contribution is 2.35. The Hall–Kier alpha value is -2.52. The van der Waals surface area contributed by atoms with Gasteiger partial charge in [0.05, 0.1) is 10.6 Å². The molecule has 9 heteroatoms. The summed E-state index contributed by atoms with van der Waals surface area (Å²) in [7, 11) is -3.83. The van der Waals surface area contributed by atoms with Crippen LogP contribution in [0.4, 0.5) is 15.8 Å². The highest BCUT2D eigenvalue weighted by atomic mass is 32.2. The Bertz CT molecular complexity index is 1040. The summed E-state index contributed by atoms with van der Waals surface area (Å²) >= 11 is 0. The van der Waals surface area contributed by atoms with Crippen molar-refractivity contribution in [2.75, 3.05) is 24.5 Å². The molecule has 4 rings (SSSR count). The third kappa shape index (κ3) is 3.35. The van der Waals surface area contributed by atoms with Crippen LogP contribution in [0.15, 0.2) is 41.3 Å². The molecule has 1 saturated heterocycles. The molecule has 0 radical (unpaired) electrons. The Labute approximate surface area is 162 Å². The van der Waals surface area contributed by atoms with E-state index >= 15 is 0 Å². The topological polar surface area (TPSA) is 83.8 Å². The number of rotatable bonds is 4. The molecule has 0 spiro atoms. The molecule has 2 aromatic rings. The Morgan fingerprint density at radius 2 is 1.75 bits per heavy atom. The van der Waals surface area contributed by atoms with Crippen molar-refractivity contribution in [3.63, 3.8) is 0 Å². The number of nitrogens with zero attached hydrogens (tertiary/aromatic N) is 3. The zero-order valence-electron chi connectivity index (χ0n) is 15.2. The van der Waals surface area contributed by atoms with Gasteiger partial charge in [0.25, 0.3) is 5.69 Å². The maximum absolute atomic E-state index is 13.5. The van der Waals surface area contributed by atoms with Crippen molar-refractivity contribution < 1.29 is 17.7 Å². The van der Waals surface area contributed by atoms with Crippen LogP contribution in [0.25, 0.3) is 0 Å². The highest BCUT2D eigenvalue weighted by Gasteiger charge is 2.33. The normalized spacial score (nSPS) is 17.5. The van der Waals surface area contributed by atoms with E-state index in [-0.39, 0.29) is 16.4 Å². The van der Waals surface area contributed by atoms with Crippen LogP contribution in [0, 0.1) is 15.9 Å². The number of non-ortho nitro benzene ring substituents is 1. The minimum Gasteiger partial charge on any atom is -0.366 e. The van der Waals surface area contributed by atoms with Crippen molar-refractivity contribution in [3.05, 3.63) is 63.5 Å². The second kappa shape index (κ2) is 7.14. The van der Waals surface area contributed by atoms with Crippen molar-refractivity contribution in [2.45, 2.75) is 30.7 Å². The lowest BCUT2D eigenvalue weighted by Crippen LogP contribution is -2.34. The summed E-state index contributed by atoms with van der Waals surface area (Å²) in [6.45, 7) is 1.78. The van der Waals surface area contributed by atoms with E-state index in [0.29, 0.717) is 38.3 Å². The van der Waals surface area contributed by atoms with Crippen LogP contribution in [-0.2, 0) is 23.0 Å². The highest BCUT2D eigenvalue weighted by molar-refractivity contribution is 7.89. The molecule has 0 bridgehead atoms. The van der Waals surface area contributed by atoms with Gasteiger partial charge in [0.1, 0.15) is 10.7 Å². The van der Waals surface area contributed by atoms with Crippen LogP contribution < -0.4 is 4.90 Å². The first kappa shape index (κ1) is 18.8. The number of fused-ring (bicyclic) bond motifs is 1. The lowest BCUT2D eigenvalue weighted by molar-refractivity contribution is -0.385. The summed E-state index contributed by atoms with van der Waals surface area (Å²) in [6.07, 6.45) is 2.14. The molecule has 2 aliphatic rings. The standard InChI is InChI=1S/C19H20FN3O4S/c20-16-4-3-15-13-21(10-7-14(15)11-16)18-6-5-17(23(24)25)12-19(18)28(26,27)22-8-1-2-9-22/h3-6,11-12H,1-2,7-10,13H2. The third-order valence-corrected chi connectivity index (χ3v) is 7.29. The van der Waals surface area contributed by atoms with Gasteiger partial charge in [-0.25, -0.2) is 12.8 Å². The van der Waals surface area contributed by atoms with E-state index in [0.717, 1.165) is 30.0 Å². The smallest absolute Gasteiger partial charge is 0.270 e. The average Bonchev–Trinajstić information content (AvgIpc) is 3.23. The molecule has 28 heavy (non-hydrogen) atoms. The van der Waals surface area contributed by atoms with Gasteiger partial charge in [-0.05, 0) is 48.6 Å². The van der Waals surface area contributed by atoms with E-state index in [1.54, 1.807) is 6.07 Å². The minimum absolute atomic E-state index is 0.0332. The fourth-order valence-corrected chi connectivity index (χ4v) is 5.63. The fourth-order valence-electron chi connectivity index (χ4n) is 3.88. The fraction of sp³-hybridized carbons (Fsp3) is 0.368. The predicted octanol–water partition coefficient (Wildman–Crippen LogP) is 3.08. The molecule has 0 atom stereocenters. The number of anilines is 1. The van der Waals surface area contributed by atoms with Gasteiger partial charge in [-0.1, -0.05) is 6.07 Å². The van der Waals surface area contributed by atoms with Crippen LogP contribution >= 0.6 is 0 Å². The molecule has 0 aromatic heterocycles. The molecule has 2 heterocycles. The first-order valence-corrected chi connectivity index (χ1v) is 10.6. The molecule has 148 valence electrons. The number of nitro groups is 1. The molecule has 0 unspecified atom stereocenters. The summed E-state index contributed by atoms with van der Waals surface area (Å²) in [5.74, 6) is -0.292. The van der Waals surface area contributed by atoms with Crippen molar-refractivity contribution in [3.8, 4) is 0 Å². The lowest BCUT2D eigenvalue weighted by atomic mass is 9.99. The monoisotopic (exact) mass is 405 g/mol. The van der Waals surface area contributed by atoms with Crippen molar-refractivity contribution >= 4 is 21.4 Å². The number of hydrogen-bond acceptors (Lipinski definition) is 5. The lowest BCUT2D eigenvalue weighted by Gasteiger charge is -2.32. The van der Waals surface area contributed by atoms with Gasteiger partial charge in [-0.3, -0.25) is 10.1 Å². The number of nitro benzene ring substituents is 1. The zero-order chi connectivity index (χ0) is 19.9. The first-order chi connectivity index (χ1) is 13.4. The van der Waals surface area contributed by atoms with Crippen molar-refractivity contribution in [1.82, 2.24) is 4.31 Å². The SMILES string of the molecule is O=[N+]([O-])c1ccc(N2CCc3cc(F)ccc3C2)c(S(=O)(=O)N2CCCC2)c1. The number of hydrogen-bond donors (Lipinski definition) is 0. The zero-order valence-corrected chi connectivity index (χ0v) is 16.0. The Morgan fingerprint density at radius 3 is 2.46 bits per heavy atom. The van der Waals surface area contributed by atoms with Gasteiger partial charge in [0.2, 0.25) is 10.0 Å². The van der Waals surface area contributed by atoms with Crippen molar-refractivity contribution in [2.24, 2.45) is 0 Å². The Kier molecular flexibility index (Phi) is 4.80. The van der Waals surface area contributed by atoms with Gasteiger partial charge < -0.3 is 4.90 Å². The summed E-state index contributed by atoms with van der Waals surface area (Å²) in [5.41, 5.74) is 2.03. The minimum atomic E-state index is -3.83. The molecule has 0 aliphatic carbocycles. The summed E-state index contributed by atoms with van der Waals surface area (Å²) in [5, 5.41) is 11.2. The van der Waals surface area contributed by atoms with E-state index in [9.17, 15) is 22.9 Å². The van der Waals surface area contributed by atoms with Crippen LogP contribution in [0.2, 0.25) is 0 Å². The first-order valence-electron chi connectivity index (χ1n) is 9.17. The van der Waals surface area contributed by atoms with Gasteiger partial charge in [0, 0.05) is 38.3 Å². The maximum atomic E-state index is 13.5. The summed E-state index contributed by atoms with van der Waals surface area (Å²) < 4.78 is 41.2. The van der Waals surface area contributed by atoms with E-state index in [1.165, 1.54) is 28.6 Å². The molecule has 0 N–H and O–H groups in total. The maximum Gasteiger partial charge on any atom is 0.270 e. The van der Waals surface area contributed by atoms with Gasteiger partial charge in [-0.2, -0.15) is 4.31 Å². The number of sulfonamides is 1. The van der Waals surface area contributed by atoms with Gasteiger partial charge in [0.15, 0.2) is 0 Å². The molecule has 0 amide bonds. The largest absolute Gasteiger partial charge is 0.366 e. The summed E-state index contributed by atoms with van der Waals surface area (Å²) in [4.78, 5) is 12.5. The average molecular weight is 405 g/mol. The van der Waals surface area contributed by atoms with E-state index < -0.39 is 14.9 Å². The van der Waals surface area contributed by atoms with Crippen LogP contribution in [0.3, 0.4) is 0 Å². The van der Waals surface area contributed by atoms with E-state index in [1.807, 2.05) is 4.90 Å². The third-order valence-electron chi connectivity index (χ3n) is 5.36. The van der Waals surface area contributed by atoms with E-state index in [2.05, 4.69) is 0 Å². The van der Waals surface area contributed by atoms with Crippen molar-refractivity contribution in [1.29, 1.82) is 0 Å². The molecular formula is C19H20FN3O4S.